The lowest BCUT2D eigenvalue weighted by molar-refractivity contribution is 0.0477. The fraction of sp³-hybridized carbons (Fsp3) is 0.909. The van der Waals surface area contributed by atoms with Gasteiger partial charge in [-0.15, -0.1) is 0 Å². The van der Waals surface area contributed by atoms with Gasteiger partial charge in [0.25, 0.3) is 0 Å². The summed E-state index contributed by atoms with van der Waals surface area (Å²) in [7, 11) is 0. The summed E-state index contributed by atoms with van der Waals surface area (Å²) in [5, 5.41) is 6.22. The van der Waals surface area contributed by atoms with E-state index in [0.717, 1.165) is 19.5 Å². The monoisotopic (exact) mass is 214 g/mol. The average molecular weight is 214 g/mol. The van der Waals surface area contributed by atoms with Gasteiger partial charge in [0, 0.05) is 6.04 Å². The lowest BCUT2D eigenvalue weighted by atomic mass is 9.96. The first-order chi connectivity index (χ1) is 6.88. The predicted molar refractivity (Wildman–Crippen MR) is 59.8 cm³/mol. The van der Waals surface area contributed by atoms with Crippen molar-refractivity contribution < 1.29 is 9.53 Å². The molecular formula is C11H22N2O2. The van der Waals surface area contributed by atoms with Crippen LogP contribution in [0.1, 0.15) is 34.1 Å². The Morgan fingerprint density at radius 3 is 2.67 bits per heavy atom. The maximum Gasteiger partial charge on any atom is 0.407 e. The molecule has 2 unspecified atom stereocenters. The number of nitrogens with one attached hydrogen (secondary N) is 2. The molecule has 1 rings (SSSR count). The molecule has 0 bridgehead atoms. The van der Waals surface area contributed by atoms with E-state index in [1.165, 1.54) is 0 Å². The third-order valence-corrected chi connectivity index (χ3v) is 2.49. The van der Waals surface area contributed by atoms with Crippen LogP contribution < -0.4 is 10.6 Å². The molecule has 0 aromatic rings. The van der Waals surface area contributed by atoms with Gasteiger partial charge >= 0.3 is 6.09 Å². The molecule has 2 atom stereocenters. The van der Waals surface area contributed by atoms with Gasteiger partial charge in [0.05, 0.1) is 0 Å². The van der Waals surface area contributed by atoms with Gasteiger partial charge in [0.1, 0.15) is 5.60 Å². The second-order valence-corrected chi connectivity index (χ2v) is 5.22. The first-order valence-electron chi connectivity index (χ1n) is 5.59. The number of hydrogen-bond acceptors (Lipinski definition) is 3. The number of carbonyl (C=O) groups excluding carboxylic acids is 1. The van der Waals surface area contributed by atoms with Gasteiger partial charge in [-0.3, -0.25) is 0 Å². The second kappa shape index (κ2) is 4.84. The number of amides is 1. The van der Waals surface area contributed by atoms with Crippen LogP contribution in [0.5, 0.6) is 0 Å². The minimum Gasteiger partial charge on any atom is -0.444 e. The van der Waals surface area contributed by atoms with Gasteiger partial charge in [0.2, 0.25) is 0 Å². The molecule has 0 aromatic carbocycles. The summed E-state index contributed by atoms with van der Waals surface area (Å²) >= 11 is 0. The maximum absolute atomic E-state index is 11.5. The van der Waals surface area contributed by atoms with Crippen molar-refractivity contribution in [3.8, 4) is 0 Å². The molecule has 0 aliphatic carbocycles. The van der Waals surface area contributed by atoms with E-state index in [1.54, 1.807) is 0 Å². The molecule has 1 saturated heterocycles. The Bertz CT molecular complexity index is 223. The first-order valence-corrected chi connectivity index (χ1v) is 5.59. The van der Waals surface area contributed by atoms with E-state index < -0.39 is 5.60 Å². The van der Waals surface area contributed by atoms with Crippen LogP contribution >= 0.6 is 0 Å². The smallest absolute Gasteiger partial charge is 0.407 e. The fourth-order valence-electron chi connectivity index (χ4n) is 1.69. The zero-order valence-electron chi connectivity index (χ0n) is 10.1. The van der Waals surface area contributed by atoms with E-state index in [-0.39, 0.29) is 12.1 Å². The molecule has 4 nitrogen and oxygen atoms in total. The molecule has 2 N–H and O–H groups in total. The van der Waals surface area contributed by atoms with Gasteiger partial charge in [0.15, 0.2) is 0 Å². The molecule has 1 amide bonds. The molecule has 1 aliphatic rings. The van der Waals surface area contributed by atoms with Crippen LogP contribution in [0.3, 0.4) is 0 Å². The summed E-state index contributed by atoms with van der Waals surface area (Å²) in [5.74, 6) is 0.464. The van der Waals surface area contributed by atoms with Gasteiger partial charge < -0.3 is 15.4 Å². The van der Waals surface area contributed by atoms with Crippen molar-refractivity contribution in [2.45, 2.75) is 45.8 Å². The molecule has 1 aliphatic heterocycles. The molecule has 15 heavy (non-hydrogen) atoms. The highest BCUT2D eigenvalue weighted by Gasteiger charge is 2.25. The highest BCUT2D eigenvalue weighted by molar-refractivity contribution is 5.68. The van der Waals surface area contributed by atoms with Crippen LogP contribution in [0, 0.1) is 5.92 Å². The van der Waals surface area contributed by atoms with E-state index in [4.69, 9.17) is 4.74 Å². The zero-order chi connectivity index (χ0) is 11.5. The maximum atomic E-state index is 11.5. The normalized spacial score (nSPS) is 27.2. The third-order valence-electron chi connectivity index (χ3n) is 2.49. The average Bonchev–Trinajstić information content (AvgIpc) is 2.05. The van der Waals surface area contributed by atoms with Crippen LogP contribution in [0.2, 0.25) is 0 Å². The Labute approximate surface area is 91.8 Å². The Hall–Kier alpha value is -0.770. The van der Waals surface area contributed by atoms with Crippen molar-refractivity contribution in [3.05, 3.63) is 0 Å². The lowest BCUT2D eigenvalue weighted by Crippen LogP contribution is -2.49. The van der Waals surface area contributed by atoms with Crippen molar-refractivity contribution >= 4 is 6.09 Å². The third kappa shape index (κ3) is 4.51. The van der Waals surface area contributed by atoms with E-state index in [9.17, 15) is 4.79 Å². The van der Waals surface area contributed by atoms with E-state index in [1.807, 2.05) is 20.8 Å². The highest BCUT2D eigenvalue weighted by Crippen LogP contribution is 2.12. The molecule has 0 saturated carbocycles. The Morgan fingerprint density at radius 2 is 2.13 bits per heavy atom. The summed E-state index contributed by atoms with van der Waals surface area (Å²) in [4.78, 5) is 11.5. The number of hydrogen-bond donors (Lipinski definition) is 2. The van der Waals surface area contributed by atoms with Crippen molar-refractivity contribution in [1.82, 2.24) is 10.6 Å². The van der Waals surface area contributed by atoms with E-state index >= 15 is 0 Å². The summed E-state index contributed by atoms with van der Waals surface area (Å²) in [6.07, 6.45) is 0.668. The van der Waals surface area contributed by atoms with E-state index in [2.05, 4.69) is 17.6 Å². The molecule has 4 heteroatoms. The molecule has 0 spiro atoms. The van der Waals surface area contributed by atoms with Crippen LogP contribution in [0.15, 0.2) is 0 Å². The SMILES string of the molecule is CC1CNCCC1NC(=O)OC(C)(C)C. The molecule has 1 fully saturated rings. The first kappa shape index (κ1) is 12.3. The summed E-state index contributed by atoms with van der Waals surface area (Å²) in [5.41, 5.74) is -0.416. The standard InChI is InChI=1S/C11H22N2O2/c1-8-7-12-6-5-9(8)13-10(14)15-11(2,3)4/h8-9,12H,5-7H2,1-4H3,(H,13,14). The topological polar surface area (TPSA) is 50.4 Å². The molecule has 0 radical (unpaired) electrons. The highest BCUT2D eigenvalue weighted by atomic mass is 16.6. The van der Waals surface area contributed by atoms with Gasteiger partial charge in [-0.1, -0.05) is 6.92 Å². The van der Waals surface area contributed by atoms with Crippen LogP contribution in [0.4, 0.5) is 4.79 Å². The van der Waals surface area contributed by atoms with Crippen LogP contribution in [-0.2, 0) is 4.74 Å². The summed E-state index contributed by atoms with van der Waals surface area (Å²) in [6, 6.07) is 0.237. The molecule has 0 aromatic heterocycles. The number of ether oxygens (including phenoxy) is 1. The van der Waals surface area contributed by atoms with Gasteiger partial charge in [-0.2, -0.15) is 0 Å². The van der Waals surface area contributed by atoms with Crippen molar-refractivity contribution in [2.75, 3.05) is 13.1 Å². The number of piperidine rings is 1. The largest absolute Gasteiger partial charge is 0.444 e. The van der Waals surface area contributed by atoms with Gasteiger partial charge in [-0.05, 0) is 46.2 Å². The van der Waals surface area contributed by atoms with E-state index in [0.29, 0.717) is 5.92 Å². The molecular weight excluding hydrogens is 192 g/mol. The van der Waals surface area contributed by atoms with Crippen molar-refractivity contribution in [2.24, 2.45) is 5.92 Å². The Morgan fingerprint density at radius 1 is 1.47 bits per heavy atom. The quantitative estimate of drug-likeness (QED) is 0.695. The number of alkyl carbamates (subject to hydrolysis) is 1. The molecule has 88 valence electrons. The minimum atomic E-state index is -0.416. The van der Waals surface area contributed by atoms with Crippen molar-refractivity contribution in [1.29, 1.82) is 0 Å². The van der Waals surface area contributed by atoms with Crippen molar-refractivity contribution in [3.63, 3.8) is 0 Å². The predicted octanol–water partition coefficient (Wildman–Crippen LogP) is 1.51. The zero-order valence-corrected chi connectivity index (χ0v) is 10.1. The number of carbonyl (C=O) groups is 1. The fourth-order valence-corrected chi connectivity index (χ4v) is 1.69. The second-order valence-electron chi connectivity index (χ2n) is 5.22. The summed E-state index contributed by atoms with van der Waals surface area (Å²) < 4.78 is 5.22. The Kier molecular flexibility index (Phi) is 3.97. The lowest BCUT2D eigenvalue weighted by Gasteiger charge is -2.31. The van der Waals surface area contributed by atoms with Crippen LogP contribution in [-0.4, -0.2) is 30.8 Å². The van der Waals surface area contributed by atoms with Gasteiger partial charge in [-0.25, -0.2) is 4.79 Å². The summed E-state index contributed by atoms with van der Waals surface area (Å²) in [6.45, 7) is 9.68. The minimum absolute atomic E-state index is 0.237. The number of rotatable bonds is 1. The Balaban J connectivity index is 2.36. The van der Waals surface area contributed by atoms with Crippen LogP contribution in [0.25, 0.3) is 0 Å². The molecule has 1 heterocycles.